The molecule has 130 valence electrons. The number of aryl methyl sites for hydroxylation is 1. The van der Waals surface area contributed by atoms with Crippen LogP contribution in [-0.2, 0) is 4.79 Å². The van der Waals surface area contributed by atoms with Gasteiger partial charge in [-0.2, -0.15) is 0 Å². The number of benzene rings is 1. The maximum Gasteiger partial charge on any atom is 0.261 e. The Morgan fingerprint density at radius 1 is 1.36 bits per heavy atom. The third kappa shape index (κ3) is 3.24. The first kappa shape index (κ1) is 15.7. The lowest BCUT2D eigenvalue weighted by Gasteiger charge is -2.35. The Balaban J connectivity index is 1.50. The second-order valence-electron chi connectivity index (χ2n) is 6.48. The van der Waals surface area contributed by atoms with Gasteiger partial charge in [-0.1, -0.05) is 18.2 Å². The zero-order chi connectivity index (χ0) is 17.2. The van der Waals surface area contributed by atoms with E-state index in [4.69, 9.17) is 9.26 Å². The number of amides is 1. The Morgan fingerprint density at radius 2 is 2.24 bits per heavy atom. The number of para-hydroxylation sites is 1. The van der Waals surface area contributed by atoms with Crippen molar-refractivity contribution in [3.05, 3.63) is 47.9 Å². The van der Waals surface area contributed by atoms with E-state index in [1.54, 1.807) is 13.0 Å². The highest BCUT2D eigenvalue weighted by molar-refractivity contribution is 5.81. The number of hydrogen-bond acceptors (Lipinski definition) is 4. The van der Waals surface area contributed by atoms with Crippen LogP contribution in [0.2, 0.25) is 0 Å². The lowest BCUT2D eigenvalue weighted by Crippen LogP contribution is -2.41. The zero-order valence-electron chi connectivity index (χ0n) is 14.2. The molecule has 1 N–H and O–H groups in total. The first-order chi connectivity index (χ1) is 12.2. The molecule has 1 aliphatic heterocycles. The number of aromatic amines is 1. The molecule has 1 saturated heterocycles. The van der Waals surface area contributed by atoms with Crippen molar-refractivity contribution in [2.24, 2.45) is 0 Å². The average Bonchev–Trinajstić information content (AvgIpc) is 3.25. The molecule has 3 aromatic rings. The van der Waals surface area contributed by atoms with Crippen molar-refractivity contribution in [2.45, 2.75) is 32.2 Å². The van der Waals surface area contributed by atoms with Crippen molar-refractivity contribution in [1.29, 1.82) is 0 Å². The Bertz CT molecular complexity index is 850. The molecule has 1 atom stereocenters. The van der Waals surface area contributed by atoms with E-state index in [0.29, 0.717) is 11.6 Å². The molecule has 0 bridgehead atoms. The molecule has 3 heterocycles. The van der Waals surface area contributed by atoms with Crippen LogP contribution < -0.4 is 4.74 Å². The number of carbonyl (C=O) groups is 1. The lowest BCUT2D eigenvalue weighted by atomic mass is 9.99. The van der Waals surface area contributed by atoms with Crippen molar-refractivity contribution in [2.75, 3.05) is 13.2 Å². The van der Waals surface area contributed by atoms with Gasteiger partial charge in [0.25, 0.3) is 11.8 Å². The lowest BCUT2D eigenvalue weighted by molar-refractivity contribution is -0.137. The summed E-state index contributed by atoms with van der Waals surface area (Å²) in [5, 5.41) is 4.94. The van der Waals surface area contributed by atoms with Gasteiger partial charge in [0.2, 0.25) is 0 Å². The standard InChI is InChI=1S/C19H21N3O3/c1-13-10-18(21-25-13)24-12-19(23)22-9-5-4-8-17(22)16-11-14-6-2-3-7-15(14)20-16/h2-3,6-7,10-11,17,20H,4-5,8-9,12H2,1H3/t17-/m1/s1. The Labute approximate surface area is 145 Å². The fourth-order valence-corrected chi connectivity index (χ4v) is 3.46. The Hall–Kier alpha value is -2.76. The van der Waals surface area contributed by atoms with Gasteiger partial charge >= 0.3 is 0 Å². The minimum atomic E-state index is -0.0251. The van der Waals surface area contributed by atoms with Crippen LogP contribution in [0.15, 0.2) is 40.9 Å². The summed E-state index contributed by atoms with van der Waals surface area (Å²) < 4.78 is 10.4. The molecule has 4 rings (SSSR count). The van der Waals surface area contributed by atoms with Gasteiger partial charge in [-0.25, -0.2) is 0 Å². The second kappa shape index (κ2) is 6.63. The fraction of sp³-hybridized carbons (Fsp3) is 0.368. The second-order valence-corrected chi connectivity index (χ2v) is 6.48. The summed E-state index contributed by atoms with van der Waals surface area (Å²) in [4.78, 5) is 18.1. The normalized spacial score (nSPS) is 17.8. The number of nitrogens with one attached hydrogen (secondary N) is 1. The molecule has 25 heavy (non-hydrogen) atoms. The van der Waals surface area contributed by atoms with Gasteiger partial charge in [0.1, 0.15) is 5.76 Å². The Morgan fingerprint density at radius 3 is 3.04 bits per heavy atom. The molecule has 0 radical (unpaired) electrons. The number of carbonyl (C=O) groups excluding carboxylic acids is 1. The predicted octanol–water partition coefficient (Wildman–Crippen LogP) is 3.60. The van der Waals surface area contributed by atoms with E-state index in [-0.39, 0.29) is 18.6 Å². The summed E-state index contributed by atoms with van der Waals surface area (Å²) in [7, 11) is 0. The van der Waals surface area contributed by atoms with Gasteiger partial charge in [-0.3, -0.25) is 4.79 Å². The predicted molar refractivity (Wildman–Crippen MR) is 93.3 cm³/mol. The average molecular weight is 339 g/mol. The van der Waals surface area contributed by atoms with E-state index in [1.807, 2.05) is 17.0 Å². The van der Waals surface area contributed by atoms with Gasteiger partial charge in [0, 0.05) is 23.8 Å². The van der Waals surface area contributed by atoms with Crippen LogP contribution in [0.4, 0.5) is 0 Å². The summed E-state index contributed by atoms with van der Waals surface area (Å²) in [6, 6.07) is 12.1. The summed E-state index contributed by atoms with van der Waals surface area (Å²) in [6.07, 6.45) is 3.10. The molecule has 0 spiro atoms. The van der Waals surface area contributed by atoms with Gasteiger partial charge in [-0.05, 0) is 48.9 Å². The van der Waals surface area contributed by atoms with Gasteiger partial charge in [-0.15, -0.1) is 0 Å². The number of rotatable bonds is 4. The van der Waals surface area contributed by atoms with Crippen LogP contribution in [0.1, 0.15) is 36.8 Å². The van der Waals surface area contributed by atoms with E-state index < -0.39 is 0 Å². The van der Waals surface area contributed by atoms with E-state index in [2.05, 4.69) is 28.3 Å². The number of ether oxygens (including phenoxy) is 1. The maximum absolute atomic E-state index is 12.7. The zero-order valence-corrected chi connectivity index (χ0v) is 14.2. The number of likely N-dealkylation sites (tertiary alicyclic amines) is 1. The van der Waals surface area contributed by atoms with Crippen LogP contribution in [-0.4, -0.2) is 34.1 Å². The third-order valence-electron chi connectivity index (χ3n) is 4.68. The maximum atomic E-state index is 12.7. The number of hydrogen-bond donors (Lipinski definition) is 1. The fourth-order valence-electron chi connectivity index (χ4n) is 3.46. The first-order valence-electron chi connectivity index (χ1n) is 8.64. The molecule has 2 aromatic heterocycles. The summed E-state index contributed by atoms with van der Waals surface area (Å²) in [5.74, 6) is 0.991. The highest BCUT2D eigenvalue weighted by Gasteiger charge is 2.29. The molecule has 0 saturated carbocycles. The van der Waals surface area contributed by atoms with Crippen molar-refractivity contribution in [1.82, 2.24) is 15.0 Å². The number of fused-ring (bicyclic) bond motifs is 1. The molecular weight excluding hydrogens is 318 g/mol. The van der Waals surface area contributed by atoms with E-state index in [1.165, 1.54) is 5.39 Å². The van der Waals surface area contributed by atoms with Gasteiger partial charge < -0.3 is 19.1 Å². The van der Waals surface area contributed by atoms with Crippen molar-refractivity contribution >= 4 is 16.8 Å². The summed E-state index contributed by atoms with van der Waals surface area (Å²) in [6.45, 7) is 2.51. The number of piperidine rings is 1. The first-order valence-corrected chi connectivity index (χ1v) is 8.64. The molecule has 1 aromatic carbocycles. The van der Waals surface area contributed by atoms with E-state index in [9.17, 15) is 4.79 Å². The van der Waals surface area contributed by atoms with Crippen LogP contribution >= 0.6 is 0 Å². The van der Waals surface area contributed by atoms with Gasteiger partial charge in [0.15, 0.2) is 6.61 Å². The topological polar surface area (TPSA) is 71.4 Å². The number of H-pyrrole nitrogens is 1. The highest BCUT2D eigenvalue weighted by Crippen LogP contribution is 2.32. The molecule has 1 amide bonds. The minimum Gasteiger partial charge on any atom is -0.465 e. The third-order valence-corrected chi connectivity index (χ3v) is 4.68. The smallest absolute Gasteiger partial charge is 0.261 e. The van der Waals surface area contributed by atoms with E-state index >= 15 is 0 Å². The molecule has 1 aliphatic rings. The molecule has 1 fully saturated rings. The molecule has 0 aliphatic carbocycles. The van der Waals surface area contributed by atoms with Crippen molar-refractivity contribution in [3.63, 3.8) is 0 Å². The van der Waals surface area contributed by atoms with Crippen LogP contribution in [0.25, 0.3) is 10.9 Å². The van der Waals surface area contributed by atoms with E-state index in [0.717, 1.165) is 37.0 Å². The molecule has 6 heteroatoms. The van der Waals surface area contributed by atoms with Crippen molar-refractivity contribution < 1.29 is 14.1 Å². The highest BCUT2D eigenvalue weighted by atomic mass is 16.5. The molecule has 0 unspecified atom stereocenters. The number of aromatic nitrogens is 2. The summed E-state index contributed by atoms with van der Waals surface area (Å²) >= 11 is 0. The van der Waals surface area contributed by atoms with Crippen LogP contribution in [0, 0.1) is 6.92 Å². The quantitative estimate of drug-likeness (QED) is 0.788. The molecule has 6 nitrogen and oxygen atoms in total. The molecular formula is C19H21N3O3. The summed E-state index contributed by atoms with van der Waals surface area (Å²) in [5.41, 5.74) is 2.19. The van der Waals surface area contributed by atoms with Crippen LogP contribution in [0.5, 0.6) is 5.88 Å². The van der Waals surface area contributed by atoms with Gasteiger partial charge in [0.05, 0.1) is 6.04 Å². The van der Waals surface area contributed by atoms with Crippen molar-refractivity contribution in [3.8, 4) is 5.88 Å². The monoisotopic (exact) mass is 339 g/mol. The van der Waals surface area contributed by atoms with Crippen LogP contribution in [0.3, 0.4) is 0 Å². The number of nitrogens with zero attached hydrogens (tertiary/aromatic N) is 2. The SMILES string of the molecule is Cc1cc(OCC(=O)N2CCCC[C@@H]2c2cc3ccccc3[nH]2)no1. The Kier molecular flexibility index (Phi) is 4.17. The minimum absolute atomic E-state index is 0.0241. The largest absolute Gasteiger partial charge is 0.465 e.